The smallest absolute Gasteiger partial charge is 0.397 e. The van der Waals surface area contributed by atoms with Crippen LogP contribution in [0.4, 0.5) is 0 Å². The van der Waals surface area contributed by atoms with E-state index in [1.54, 1.807) is 6.07 Å². The van der Waals surface area contributed by atoms with E-state index >= 15 is 0 Å². The predicted octanol–water partition coefficient (Wildman–Crippen LogP) is 2.74. The molecule has 4 heteroatoms. The Balaban J connectivity index is 2.35. The number of hydrogen-bond donors (Lipinski definition) is 0. The maximum absolute atomic E-state index is 11.9. The SMILES string of the molecule is CCOc1nc(=O)c2cc3ccccc3cc2o1. The van der Waals surface area contributed by atoms with Crippen LogP contribution < -0.4 is 10.3 Å². The molecule has 18 heavy (non-hydrogen) atoms. The highest BCUT2D eigenvalue weighted by molar-refractivity contribution is 5.95. The highest BCUT2D eigenvalue weighted by atomic mass is 16.6. The van der Waals surface area contributed by atoms with Gasteiger partial charge in [0.1, 0.15) is 5.58 Å². The zero-order valence-electron chi connectivity index (χ0n) is 9.84. The first-order chi connectivity index (χ1) is 8.78. The van der Waals surface area contributed by atoms with Gasteiger partial charge in [-0.3, -0.25) is 4.79 Å². The van der Waals surface area contributed by atoms with Crippen LogP contribution in [0.3, 0.4) is 0 Å². The third kappa shape index (κ3) is 1.72. The second-order valence-electron chi connectivity index (χ2n) is 3.91. The van der Waals surface area contributed by atoms with Gasteiger partial charge in [0.25, 0.3) is 5.56 Å². The third-order valence-electron chi connectivity index (χ3n) is 2.74. The van der Waals surface area contributed by atoms with Crippen LogP contribution >= 0.6 is 0 Å². The molecule has 2 aromatic carbocycles. The molecule has 4 nitrogen and oxygen atoms in total. The summed E-state index contributed by atoms with van der Waals surface area (Å²) in [7, 11) is 0. The van der Waals surface area contributed by atoms with Gasteiger partial charge < -0.3 is 9.15 Å². The van der Waals surface area contributed by atoms with E-state index < -0.39 is 0 Å². The number of rotatable bonds is 2. The van der Waals surface area contributed by atoms with Gasteiger partial charge in [-0.15, -0.1) is 4.98 Å². The maximum Gasteiger partial charge on any atom is 0.397 e. The number of benzene rings is 2. The van der Waals surface area contributed by atoms with Crippen LogP contribution in [0.2, 0.25) is 0 Å². The van der Waals surface area contributed by atoms with Crippen LogP contribution in [0.1, 0.15) is 6.92 Å². The minimum atomic E-state index is -0.328. The fraction of sp³-hybridized carbons (Fsp3) is 0.143. The van der Waals surface area contributed by atoms with Crippen LogP contribution in [0, 0.1) is 0 Å². The second-order valence-corrected chi connectivity index (χ2v) is 3.91. The fourth-order valence-electron chi connectivity index (χ4n) is 1.92. The summed E-state index contributed by atoms with van der Waals surface area (Å²) in [5.74, 6) is 0. The average Bonchev–Trinajstić information content (AvgIpc) is 2.37. The summed E-state index contributed by atoms with van der Waals surface area (Å²) in [6, 6.07) is 11.4. The van der Waals surface area contributed by atoms with Crippen molar-refractivity contribution in [2.45, 2.75) is 6.92 Å². The topological polar surface area (TPSA) is 52.3 Å². The van der Waals surface area contributed by atoms with Crippen molar-refractivity contribution in [3.8, 4) is 6.08 Å². The number of aromatic nitrogens is 1. The second kappa shape index (κ2) is 4.14. The van der Waals surface area contributed by atoms with Crippen molar-refractivity contribution in [1.29, 1.82) is 0 Å². The minimum Gasteiger partial charge on any atom is -0.450 e. The lowest BCUT2D eigenvalue weighted by atomic mass is 10.1. The van der Waals surface area contributed by atoms with Crippen molar-refractivity contribution in [2.24, 2.45) is 0 Å². The Morgan fingerprint density at radius 1 is 1.22 bits per heavy atom. The fourth-order valence-corrected chi connectivity index (χ4v) is 1.92. The molecule has 0 radical (unpaired) electrons. The van der Waals surface area contributed by atoms with E-state index in [4.69, 9.17) is 9.15 Å². The molecule has 0 aliphatic rings. The highest BCUT2D eigenvalue weighted by Crippen LogP contribution is 2.22. The average molecular weight is 241 g/mol. The molecular weight excluding hydrogens is 230 g/mol. The molecule has 0 saturated heterocycles. The molecule has 0 atom stereocenters. The van der Waals surface area contributed by atoms with Gasteiger partial charge in [0.2, 0.25) is 0 Å². The Kier molecular flexibility index (Phi) is 2.48. The summed E-state index contributed by atoms with van der Waals surface area (Å²) in [6.45, 7) is 2.22. The van der Waals surface area contributed by atoms with E-state index in [2.05, 4.69) is 4.98 Å². The molecule has 3 aromatic rings. The van der Waals surface area contributed by atoms with Crippen molar-refractivity contribution in [2.75, 3.05) is 6.61 Å². The van der Waals surface area contributed by atoms with Crippen molar-refractivity contribution in [3.63, 3.8) is 0 Å². The van der Waals surface area contributed by atoms with Gasteiger partial charge >= 0.3 is 6.08 Å². The molecule has 0 amide bonds. The van der Waals surface area contributed by atoms with Crippen molar-refractivity contribution in [3.05, 3.63) is 46.8 Å². The molecule has 0 N–H and O–H groups in total. The van der Waals surface area contributed by atoms with E-state index in [0.717, 1.165) is 10.8 Å². The van der Waals surface area contributed by atoms with Gasteiger partial charge in [0.15, 0.2) is 0 Å². The molecule has 1 aromatic heterocycles. The first kappa shape index (κ1) is 10.8. The van der Waals surface area contributed by atoms with Gasteiger partial charge in [-0.25, -0.2) is 0 Å². The lowest BCUT2D eigenvalue weighted by molar-refractivity contribution is 0.243. The molecule has 0 aliphatic heterocycles. The molecule has 0 aliphatic carbocycles. The quantitative estimate of drug-likeness (QED) is 0.647. The molecule has 0 spiro atoms. The molecule has 1 heterocycles. The minimum absolute atomic E-state index is 0.0188. The molecule has 90 valence electrons. The van der Waals surface area contributed by atoms with Crippen LogP contribution in [0.15, 0.2) is 45.6 Å². The van der Waals surface area contributed by atoms with Gasteiger partial charge in [-0.2, -0.15) is 0 Å². The first-order valence-corrected chi connectivity index (χ1v) is 5.74. The summed E-state index contributed by atoms with van der Waals surface area (Å²) < 4.78 is 10.6. The van der Waals surface area contributed by atoms with Gasteiger partial charge in [-0.05, 0) is 29.8 Å². The van der Waals surface area contributed by atoms with Crippen LogP contribution in [0.5, 0.6) is 6.08 Å². The summed E-state index contributed by atoms with van der Waals surface area (Å²) in [5.41, 5.74) is 0.169. The monoisotopic (exact) mass is 241 g/mol. The lowest BCUT2D eigenvalue weighted by Gasteiger charge is -2.03. The molecule has 3 rings (SSSR count). The Morgan fingerprint density at radius 3 is 2.67 bits per heavy atom. The summed E-state index contributed by atoms with van der Waals surface area (Å²) in [5, 5.41) is 2.47. The lowest BCUT2D eigenvalue weighted by Crippen LogP contribution is -2.08. The molecule has 0 bridgehead atoms. The Morgan fingerprint density at radius 2 is 1.94 bits per heavy atom. The standard InChI is InChI=1S/C14H11NO3/c1-2-17-14-15-13(16)11-7-9-5-3-4-6-10(9)8-12(11)18-14/h3-8H,2H2,1H3. The summed E-state index contributed by atoms with van der Waals surface area (Å²) in [4.78, 5) is 15.6. The van der Waals surface area contributed by atoms with Crippen molar-refractivity contribution in [1.82, 2.24) is 4.98 Å². The number of hydrogen-bond acceptors (Lipinski definition) is 4. The van der Waals surface area contributed by atoms with E-state index in [1.165, 1.54) is 0 Å². The Labute approximate surface area is 103 Å². The molecule has 0 fully saturated rings. The van der Waals surface area contributed by atoms with E-state index in [0.29, 0.717) is 17.6 Å². The maximum atomic E-state index is 11.9. The number of nitrogens with zero attached hydrogens (tertiary/aromatic N) is 1. The number of ether oxygens (including phenoxy) is 1. The third-order valence-corrected chi connectivity index (χ3v) is 2.74. The number of fused-ring (bicyclic) bond motifs is 2. The van der Waals surface area contributed by atoms with Crippen LogP contribution in [0.25, 0.3) is 21.7 Å². The summed E-state index contributed by atoms with van der Waals surface area (Å²) >= 11 is 0. The Hall–Kier alpha value is -2.36. The van der Waals surface area contributed by atoms with Crippen molar-refractivity contribution < 1.29 is 9.15 Å². The zero-order valence-corrected chi connectivity index (χ0v) is 9.84. The zero-order chi connectivity index (χ0) is 12.5. The van der Waals surface area contributed by atoms with Crippen LogP contribution in [-0.2, 0) is 0 Å². The predicted molar refractivity (Wildman–Crippen MR) is 69.0 cm³/mol. The van der Waals surface area contributed by atoms with Crippen LogP contribution in [-0.4, -0.2) is 11.6 Å². The molecule has 0 saturated carbocycles. The van der Waals surface area contributed by atoms with Gasteiger partial charge in [-0.1, -0.05) is 24.3 Å². The molecule has 0 unspecified atom stereocenters. The Bertz CT molecular complexity index is 777. The van der Waals surface area contributed by atoms with E-state index in [9.17, 15) is 4.79 Å². The molecular formula is C14H11NO3. The summed E-state index contributed by atoms with van der Waals surface area (Å²) in [6.07, 6.45) is 0.0188. The van der Waals surface area contributed by atoms with Gasteiger partial charge in [0, 0.05) is 0 Å². The van der Waals surface area contributed by atoms with Crippen molar-refractivity contribution >= 4 is 21.7 Å². The largest absolute Gasteiger partial charge is 0.450 e. The van der Waals surface area contributed by atoms with E-state index in [1.807, 2.05) is 37.3 Å². The van der Waals surface area contributed by atoms with E-state index in [-0.39, 0.29) is 11.6 Å². The highest BCUT2D eigenvalue weighted by Gasteiger charge is 2.08. The van der Waals surface area contributed by atoms with Gasteiger partial charge in [0.05, 0.1) is 12.0 Å². The first-order valence-electron chi connectivity index (χ1n) is 5.74. The normalized spacial score (nSPS) is 10.9.